The molecule has 0 bridgehead atoms. The number of nitrogens with one attached hydrogen (secondary N) is 1. The number of nitrogens with two attached hydrogens (primary N) is 1. The minimum absolute atomic E-state index is 0.346. The van der Waals surface area contributed by atoms with Crippen LogP contribution in [0.3, 0.4) is 0 Å². The van der Waals surface area contributed by atoms with Crippen molar-refractivity contribution in [3.8, 4) is 0 Å². The summed E-state index contributed by atoms with van der Waals surface area (Å²) in [5, 5.41) is 10.7. The van der Waals surface area contributed by atoms with E-state index >= 15 is 0 Å². The Balaban J connectivity index is 2.33. The van der Waals surface area contributed by atoms with Crippen LogP contribution in [-0.2, 0) is 6.54 Å². The Morgan fingerprint density at radius 2 is 2.42 bits per heavy atom. The molecule has 1 aromatic rings. The molecule has 66 valence electrons. The smallest absolute Gasteiger partial charge is 0.0541 e. The lowest BCUT2D eigenvalue weighted by Crippen LogP contribution is -2.32. The van der Waals surface area contributed by atoms with Gasteiger partial charge in [-0.3, -0.25) is 0 Å². The van der Waals surface area contributed by atoms with E-state index in [2.05, 4.69) is 22.4 Å². The summed E-state index contributed by atoms with van der Waals surface area (Å²) in [6.07, 6.45) is 3.43. The van der Waals surface area contributed by atoms with Crippen molar-refractivity contribution in [2.45, 2.75) is 19.5 Å². The summed E-state index contributed by atoms with van der Waals surface area (Å²) in [4.78, 5) is 0. The topological polar surface area (TPSA) is 63.8 Å². The highest BCUT2D eigenvalue weighted by Crippen LogP contribution is 1.93. The molecule has 0 saturated heterocycles. The van der Waals surface area contributed by atoms with E-state index in [0.717, 1.165) is 12.1 Å². The molecule has 1 atom stereocenters. The summed E-state index contributed by atoms with van der Waals surface area (Å²) < 4.78 is 0. The summed E-state index contributed by atoms with van der Waals surface area (Å²) in [6.45, 7) is 3.50. The van der Waals surface area contributed by atoms with Gasteiger partial charge in [0.15, 0.2) is 0 Å². The molecule has 0 aliphatic rings. The zero-order valence-corrected chi connectivity index (χ0v) is 7.20. The number of hydrogen-bond donors (Lipinski definition) is 2. The Labute approximate surface area is 72.2 Å². The fourth-order valence-corrected chi connectivity index (χ4v) is 0.798. The first-order chi connectivity index (χ1) is 5.83. The number of rotatable bonds is 4. The second kappa shape index (κ2) is 4.79. The summed E-state index contributed by atoms with van der Waals surface area (Å²) in [5.74, 6) is 0. The van der Waals surface area contributed by atoms with Gasteiger partial charge < -0.3 is 11.1 Å². The minimum atomic E-state index is 0.346. The molecule has 12 heavy (non-hydrogen) atoms. The Morgan fingerprint density at radius 3 is 3.00 bits per heavy atom. The molecule has 0 aromatic carbocycles. The third kappa shape index (κ3) is 2.94. The Hall–Kier alpha value is -1.00. The maximum absolute atomic E-state index is 5.45. The molecule has 0 amide bonds. The van der Waals surface area contributed by atoms with Crippen molar-refractivity contribution in [2.75, 3.05) is 6.54 Å². The van der Waals surface area contributed by atoms with Gasteiger partial charge >= 0.3 is 0 Å². The van der Waals surface area contributed by atoms with Crippen molar-refractivity contribution in [1.82, 2.24) is 15.5 Å². The summed E-state index contributed by atoms with van der Waals surface area (Å²) >= 11 is 0. The monoisotopic (exact) mass is 166 g/mol. The fourth-order valence-electron chi connectivity index (χ4n) is 0.798. The third-order valence-corrected chi connectivity index (χ3v) is 1.65. The van der Waals surface area contributed by atoms with E-state index in [1.807, 2.05) is 6.07 Å². The molecule has 1 unspecified atom stereocenters. The molecule has 0 radical (unpaired) electrons. The Bertz CT molecular complexity index is 212. The van der Waals surface area contributed by atoms with Crippen LogP contribution in [-0.4, -0.2) is 22.8 Å². The van der Waals surface area contributed by atoms with E-state index in [1.54, 1.807) is 12.4 Å². The van der Waals surface area contributed by atoms with Crippen LogP contribution < -0.4 is 11.1 Å². The van der Waals surface area contributed by atoms with E-state index in [4.69, 9.17) is 5.73 Å². The first kappa shape index (κ1) is 9.09. The standard InChI is InChI=1S/C8H14N4/c1-7(4-9)10-5-8-2-3-11-12-6-8/h2-3,6-7,10H,4-5,9H2,1H3. The molecule has 1 aromatic heterocycles. The van der Waals surface area contributed by atoms with Crippen molar-refractivity contribution in [2.24, 2.45) is 5.73 Å². The normalized spacial score (nSPS) is 12.8. The highest BCUT2D eigenvalue weighted by molar-refractivity contribution is 5.04. The molecular weight excluding hydrogens is 152 g/mol. The zero-order chi connectivity index (χ0) is 8.81. The lowest BCUT2D eigenvalue weighted by atomic mass is 10.3. The highest BCUT2D eigenvalue weighted by Gasteiger charge is 1.97. The highest BCUT2D eigenvalue weighted by atomic mass is 15.1. The van der Waals surface area contributed by atoms with Gasteiger partial charge in [0.1, 0.15) is 0 Å². The largest absolute Gasteiger partial charge is 0.329 e. The molecule has 3 N–H and O–H groups in total. The van der Waals surface area contributed by atoms with Gasteiger partial charge in [0, 0.05) is 25.3 Å². The number of aromatic nitrogens is 2. The molecular formula is C8H14N4. The average molecular weight is 166 g/mol. The predicted octanol–water partition coefficient (Wildman–Crippen LogP) is -0.0866. The van der Waals surface area contributed by atoms with Crippen LogP contribution in [0.5, 0.6) is 0 Å². The number of nitrogens with zero attached hydrogens (tertiary/aromatic N) is 2. The summed E-state index contributed by atoms with van der Waals surface area (Å²) in [7, 11) is 0. The first-order valence-corrected chi connectivity index (χ1v) is 4.02. The lowest BCUT2D eigenvalue weighted by molar-refractivity contribution is 0.555. The van der Waals surface area contributed by atoms with E-state index < -0.39 is 0 Å². The van der Waals surface area contributed by atoms with Crippen molar-refractivity contribution in [1.29, 1.82) is 0 Å². The maximum Gasteiger partial charge on any atom is 0.0541 e. The zero-order valence-electron chi connectivity index (χ0n) is 7.20. The van der Waals surface area contributed by atoms with E-state index in [0.29, 0.717) is 12.6 Å². The van der Waals surface area contributed by atoms with E-state index in [-0.39, 0.29) is 0 Å². The van der Waals surface area contributed by atoms with Gasteiger partial charge in [0.05, 0.1) is 6.20 Å². The molecule has 0 aliphatic carbocycles. The maximum atomic E-state index is 5.45. The van der Waals surface area contributed by atoms with Crippen LogP contribution in [0.4, 0.5) is 0 Å². The molecule has 1 heterocycles. The van der Waals surface area contributed by atoms with Gasteiger partial charge in [0.2, 0.25) is 0 Å². The molecule has 0 fully saturated rings. The van der Waals surface area contributed by atoms with Crippen LogP contribution in [0.2, 0.25) is 0 Å². The third-order valence-electron chi connectivity index (χ3n) is 1.65. The van der Waals surface area contributed by atoms with Crippen LogP contribution in [0.15, 0.2) is 18.5 Å². The van der Waals surface area contributed by atoms with Crippen molar-refractivity contribution in [3.05, 3.63) is 24.0 Å². The van der Waals surface area contributed by atoms with Crippen molar-refractivity contribution < 1.29 is 0 Å². The number of hydrogen-bond acceptors (Lipinski definition) is 4. The first-order valence-electron chi connectivity index (χ1n) is 4.02. The second-order valence-corrected chi connectivity index (χ2v) is 2.77. The van der Waals surface area contributed by atoms with Gasteiger partial charge in [-0.05, 0) is 18.6 Å². The predicted molar refractivity (Wildman–Crippen MR) is 47.4 cm³/mol. The van der Waals surface area contributed by atoms with Crippen molar-refractivity contribution >= 4 is 0 Å². The second-order valence-electron chi connectivity index (χ2n) is 2.77. The van der Waals surface area contributed by atoms with Crippen LogP contribution in [0, 0.1) is 0 Å². The molecule has 0 spiro atoms. The molecule has 4 nitrogen and oxygen atoms in total. The van der Waals surface area contributed by atoms with E-state index in [9.17, 15) is 0 Å². The van der Waals surface area contributed by atoms with Gasteiger partial charge in [-0.25, -0.2) is 0 Å². The van der Waals surface area contributed by atoms with Gasteiger partial charge in [-0.1, -0.05) is 0 Å². The van der Waals surface area contributed by atoms with Crippen LogP contribution in [0.1, 0.15) is 12.5 Å². The lowest BCUT2D eigenvalue weighted by Gasteiger charge is -2.09. The molecule has 4 heteroatoms. The quantitative estimate of drug-likeness (QED) is 0.656. The Morgan fingerprint density at radius 1 is 1.58 bits per heavy atom. The average Bonchev–Trinajstić information content (AvgIpc) is 2.16. The van der Waals surface area contributed by atoms with Gasteiger partial charge in [0.25, 0.3) is 0 Å². The van der Waals surface area contributed by atoms with Crippen LogP contribution in [0.25, 0.3) is 0 Å². The van der Waals surface area contributed by atoms with Crippen LogP contribution >= 0.6 is 0 Å². The fraction of sp³-hybridized carbons (Fsp3) is 0.500. The van der Waals surface area contributed by atoms with E-state index in [1.165, 1.54) is 0 Å². The Kier molecular flexibility index (Phi) is 3.63. The van der Waals surface area contributed by atoms with Crippen molar-refractivity contribution in [3.63, 3.8) is 0 Å². The van der Waals surface area contributed by atoms with Gasteiger partial charge in [-0.15, -0.1) is 0 Å². The minimum Gasteiger partial charge on any atom is -0.329 e. The summed E-state index contributed by atoms with van der Waals surface area (Å²) in [5.41, 5.74) is 6.58. The molecule has 1 rings (SSSR count). The molecule has 0 aliphatic heterocycles. The van der Waals surface area contributed by atoms with Gasteiger partial charge in [-0.2, -0.15) is 10.2 Å². The summed E-state index contributed by atoms with van der Waals surface area (Å²) in [6, 6.07) is 2.28. The SMILES string of the molecule is CC(CN)NCc1ccnnc1. The molecule has 0 saturated carbocycles.